The van der Waals surface area contributed by atoms with Gasteiger partial charge in [0.1, 0.15) is 0 Å². The molecular weight excluding hydrogens is 262 g/mol. The normalized spacial score (nSPS) is 34.6. The lowest BCUT2D eigenvalue weighted by Crippen LogP contribution is -2.37. The number of fused-ring (bicyclic) bond motifs is 2. The van der Waals surface area contributed by atoms with Gasteiger partial charge in [-0.05, 0) is 73.2 Å². The number of rotatable bonds is 1. The van der Waals surface area contributed by atoms with Crippen LogP contribution in [0, 0.1) is 17.8 Å². The van der Waals surface area contributed by atoms with E-state index in [4.69, 9.17) is 9.47 Å². The molecule has 3 nitrogen and oxygen atoms in total. The van der Waals surface area contributed by atoms with Crippen molar-refractivity contribution in [1.82, 2.24) is 5.32 Å². The minimum Gasteiger partial charge on any atom is -0.454 e. The van der Waals surface area contributed by atoms with Gasteiger partial charge in [0.2, 0.25) is 6.79 Å². The van der Waals surface area contributed by atoms with Crippen LogP contribution in [-0.4, -0.2) is 13.3 Å². The first-order valence-electron chi connectivity index (χ1n) is 8.36. The van der Waals surface area contributed by atoms with E-state index in [1.165, 1.54) is 30.4 Å². The van der Waals surface area contributed by atoms with E-state index in [0.29, 0.717) is 12.8 Å². The summed E-state index contributed by atoms with van der Waals surface area (Å²) >= 11 is 0. The quantitative estimate of drug-likeness (QED) is 0.855. The molecule has 0 amide bonds. The van der Waals surface area contributed by atoms with E-state index < -0.39 is 0 Å². The molecule has 0 aromatic heterocycles. The summed E-state index contributed by atoms with van der Waals surface area (Å²) in [7, 11) is 0. The van der Waals surface area contributed by atoms with E-state index in [9.17, 15) is 0 Å². The standard InChI is InChI=1S/C18H25NO2/c1-11-5-12(2)7-14(6-11)18-15-9-17-16(20-10-21-17)8-13(15)3-4-19-18/h8-9,11-12,14,18-19H,3-7,10H2,1-2H3. The highest BCUT2D eigenvalue weighted by Gasteiger charge is 2.34. The Kier molecular flexibility index (Phi) is 3.33. The van der Waals surface area contributed by atoms with Crippen LogP contribution in [0.2, 0.25) is 0 Å². The van der Waals surface area contributed by atoms with Crippen LogP contribution in [-0.2, 0) is 6.42 Å². The van der Waals surface area contributed by atoms with E-state index in [0.717, 1.165) is 42.2 Å². The molecule has 1 saturated carbocycles. The highest BCUT2D eigenvalue weighted by atomic mass is 16.7. The van der Waals surface area contributed by atoms with Gasteiger partial charge in [0, 0.05) is 6.04 Å². The Labute approximate surface area is 127 Å². The van der Waals surface area contributed by atoms with Crippen LogP contribution in [0.4, 0.5) is 0 Å². The van der Waals surface area contributed by atoms with Crippen LogP contribution in [0.25, 0.3) is 0 Å². The summed E-state index contributed by atoms with van der Waals surface area (Å²) in [6.45, 7) is 6.27. The molecule has 3 aliphatic rings. The third-order valence-electron chi connectivity index (χ3n) is 5.41. The van der Waals surface area contributed by atoms with Crippen molar-refractivity contribution < 1.29 is 9.47 Å². The Balaban J connectivity index is 1.66. The molecule has 2 heterocycles. The predicted molar refractivity (Wildman–Crippen MR) is 82.7 cm³/mol. The lowest BCUT2D eigenvalue weighted by atomic mass is 9.71. The first kappa shape index (κ1) is 13.4. The average molecular weight is 287 g/mol. The fourth-order valence-corrected chi connectivity index (χ4v) is 4.68. The van der Waals surface area contributed by atoms with Crippen LogP contribution in [0.5, 0.6) is 11.5 Å². The maximum absolute atomic E-state index is 5.59. The van der Waals surface area contributed by atoms with Gasteiger partial charge in [-0.2, -0.15) is 0 Å². The Morgan fingerprint density at radius 2 is 1.71 bits per heavy atom. The minimum absolute atomic E-state index is 0.369. The highest BCUT2D eigenvalue weighted by molar-refractivity contribution is 5.50. The average Bonchev–Trinajstić information content (AvgIpc) is 2.90. The summed E-state index contributed by atoms with van der Waals surface area (Å²) in [5.41, 5.74) is 2.91. The predicted octanol–water partition coefficient (Wildman–Crippen LogP) is 3.67. The SMILES string of the molecule is CC1CC(C)CC(C2NCCc3cc4c(cc32)OCO4)C1. The van der Waals surface area contributed by atoms with E-state index >= 15 is 0 Å². The van der Waals surface area contributed by atoms with E-state index in [1.807, 2.05) is 0 Å². The number of nitrogens with one attached hydrogen (secondary N) is 1. The van der Waals surface area contributed by atoms with Crippen LogP contribution in [0.15, 0.2) is 12.1 Å². The molecular formula is C18H25NO2. The van der Waals surface area contributed by atoms with Crippen molar-refractivity contribution in [2.24, 2.45) is 17.8 Å². The van der Waals surface area contributed by atoms with Crippen molar-refractivity contribution in [2.75, 3.05) is 13.3 Å². The molecule has 1 aliphatic carbocycles. The highest BCUT2D eigenvalue weighted by Crippen LogP contribution is 2.44. The van der Waals surface area contributed by atoms with Gasteiger partial charge in [-0.3, -0.25) is 0 Å². The Bertz CT molecular complexity index is 532. The van der Waals surface area contributed by atoms with Crippen LogP contribution in [0.3, 0.4) is 0 Å². The molecule has 2 aliphatic heterocycles. The maximum Gasteiger partial charge on any atom is 0.231 e. The monoisotopic (exact) mass is 287 g/mol. The number of hydrogen-bond donors (Lipinski definition) is 1. The van der Waals surface area contributed by atoms with Crippen LogP contribution >= 0.6 is 0 Å². The molecule has 1 fully saturated rings. The largest absolute Gasteiger partial charge is 0.454 e. The molecule has 0 saturated heterocycles. The molecule has 1 aromatic carbocycles. The third-order valence-corrected chi connectivity index (χ3v) is 5.41. The van der Waals surface area contributed by atoms with Crippen molar-refractivity contribution in [2.45, 2.75) is 45.6 Å². The molecule has 21 heavy (non-hydrogen) atoms. The van der Waals surface area contributed by atoms with Gasteiger partial charge in [0.05, 0.1) is 0 Å². The van der Waals surface area contributed by atoms with Crippen LogP contribution < -0.4 is 14.8 Å². The second kappa shape index (κ2) is 5.20. The Hall–Kier alpha value is -1.22. The minimum atomic E-state index is 0.369. The van der Waals surface area contributed by atoms with Crippen molar-refractivity contribution in [3.63, 3.8) is 0 Å². The van der Waals surface area contributed by atoms with Gasteiger partial charge in [-0.15, -0.1) is 0 Å². The second-order valence-electron chi connectivity index (χ2n) is 7.26. The summed E-state index contributed by atoms with van der Waals surface area (Å²) in [6.07, 6.45) is 5.17. The summed E-state index contributed by atoms with van der Waals surface area (Å²) in [4.78, 5) is 0. The molecule has 114 valence electrons. The molecule has 0 radical (unpaired) electrons. The van der Waals surface area contributed by atoms with Gasteiger partial charge < -0.3 is 14.8 Å². The number of hydrogen-bond acceptors (Lipinski definition) is 3. The summed E-state index contributed by atoms with van der Waals surface area (Å²) in [6, 6.07) is 4.94. The molecule has 3 heteroatoms. The zero-order chi connectivity index (χ0) is 14.4. The fourth-order valence-electron chi connectivity index (χ4n) is 4.68. The van der Waals surface area contributed by atoms with Crippen molar-refractivity contribution in [1.29, 1.82) is 0 Å². The maximum atomic E-state index is 5.59. The first-order chi connectivity index (χ1) is 10.2. The summed E-state index contributed by atoms with van der Waals surface area (Å²) in [5.74, 6) is 4.31. The molecule has 3 unspecified atom stereocenters. The summed E-state index contributed by atoms with van der Waals surface area (Å²) in [5, 5.41) is 3.78. The molecule has 3 atom stereocenters. The molecule has 1 aromatic rings. The van der Waals surface area contributed by atoms with Gasteiger partial charge in [0.25, 0.3) is 0 Å². The molecule has 0 bridgehead atoms. The number of benzene rings is 1. The van der Waals surface area contributed by atoms with E-state index in [-0.39, 0.29) is 0 Å². The van der Waals surface area contributed by atoms with Crippen molar-refractivity contribution in [3.8, 4) is 11.5 Å². The second-order valence-corrected chi connectivity index (χ2v) is 7.26. The lowest BCUT2D eigenvalue weighted by Gasteiger charge is -2.39. The molecule has 0 spiro atoms. The smallest absolute Gasteiger partial charge is 0.231 e. The van der Waals surface area contributed by atoms with Crippen molar-refractivity contribution in [3.05, 3.63) is 23.3 Å². The van der Waals surface area contributed by atoms with Gasteiger partial charge in [-0.25, -0.2) is 0 Å². The Morgan fingerprint density at radius 1 is 1.00 bits per heavy atom. The topological polar surface area (TPSA) is 30.5 Å². The molecule has 1 N–H and O–H groups in total. The Morgan fingerprint density at radius 3 is 2.48 bits per heavy atom. The van der Waals surface area contributed by atoms with Crippen LogP contribution in [0.1, 0.15) is 50.3 Å². The molecule has 4 rings (SSSR count). The van der Waals surface area contributed by atoms with Gasteiger partial charge in [0.15, 0.2) is 11.5 Å². The van der Waals surface area contributed by atoms with E-state index in [2.05, 4.69) is 31.3 Å². The van der Waals surface area contributed by atoms with Gasteiger partial charge >= 0.3 is 0 Å². The number of ether oxygens (including phenoxy) is 2. The van der Waals surface area contributed by atoms with Crippen molar-refractivity contribution >= 4 is 0 Å². The lowest BCUT2D eigenvalue weighted by molar-refractivity contribution is 0.171. The first-order valence-corrected chi connectivity index (χ1v) is 8.36. The zero-order valence-electron chi connectivity index (χ0n) is 13.0. The zero-order valence-corrected chi connectivity index (χ0v) is 13.0. The van der Waals surface area contributed by atoms with Gasteiger partial charge in [-0.1, -0.05) is 13.8 Å². The van der Waals surface area contributed by atoms with E-state index in [1.54, 1.807) is 0 Å². The third kappa shape index (κ3) is 2.42. The summed E-state index contributed by atoms with van der Waals surface area (Å²) < 4.78 is 11.1. The fraction of sp³-hybridized carbons (Fsp3) is 0.667.